The van der Waals surface area contributed by atoms with Gasteiger partial charge in [-0.15, -0.1) is 0 Å². The van der Waals surface area contributed by atoms with Gasteiger partial charge in [0.25, 0.3) is 0 Å². The van der Waals surface area contributed by atoms with Gasteiger partial charge in [-0.2, -0.15) is 0 Å². The highest BCUT2D eigenvalue weighted by atomic mass is 16.5. The lowest BCUT2D eigenvalue weighted by atomic mass is 10.1. The lowest BCUT2D eigenvalue weighted by molar-refractivity contribution is -0.142. The van der Waals surface area contributed by atoms with Crippen molar-refractivity contribution in [3.63, 3.8) is 0 Å². The molecular formula is C15H21NO4. The van der Waals surface area contributed by atoms with Gasteiger partial charge in [0.1, 0.15) is 11.8 Å². The van der Waals surface area contributed by atoms with Crippen LogP contribution in [0.4, 0.5) is 0 Å². The van der Waals surface area contributed by atoms with Crippen molar-refractivity contribution in [3.05, 3.63) is 29.3 Å². The number of carboxylic acids is 1. The van der Waals surface area contributed by atoms with E-state index in [-0.39, 0.29) is 18.9 Å². The zero-order valence-electron chi connectivity index (χ0n) is 12.1. The summed E-state index contributed by atoms with van der Waals surface area (Å²) >= 11 is 0. The molecule has 0 saturated carbocycles. The van der Waals surface area contributed by atoms with Gasteiger partial charge < -0.3 is 15.2 Å². The van der Waals surface area contributed by atoms with Crippen LogP contribution in [0.15, 0.2) is 18.2 Å². The topological polar surface area (TPSA) is 75.6 Å². The normalized spacial score (nSPS) is 11.8. The van der Waals surface area contributed by atoms with E-state index in [9.17, 15) is 9.59 Å². The van der Waals surface area contributed by atoms with Crippen molar-refractivity contribution in [2.75, 3.05) is 6.61 Å². The van der Waals surface area contributed by atoms with Gasteiger partial charge in [-0.05, 0) is 37.5 Å². The minimum atomic E-state index is -1.02. The predicted molar refractivity (Wildman–Crippen MR) is 75.9 cm³/mol. The van der Waals surface area contributed by atoms with Crippen molar-refractivity contribution in [1.82, 2.24) is 5.32 Å². The van der Waals surface area contributed by atoms with E-state index < -0.39 is 12.0 Å². The fourth-order valence-corrected chi connectivity index (χ4v) is 1.72. The van der Waals surface area contributed by atoms with E-state index in [0.29, 0.717) is 6.42 Å². The van der Waals surface area contributed by atoms with Crippen molar-refractivity contribution >= 4 is 11.9 Å². The minimum Gasteiger partial charge on any atom is -0.493 e. The van der Waals surface area contributed by atoms with Crippen LogP contribution in [-0.4, -0.2) is 29.6 Å². The number of carbonyl (C=O) groups excluding carboxylic acids is 1. The standard InChI is InChI=1S/C15H21NO4/c1-4-12(15(18)19)16-14(17)7-8-20-13-9-10(2)5-6-11(13)3/h5-6,9,12H,4,7-8H2,1-3H3,(H,16,17)(H,18,19)/t12-/m1/s1. The number of ether oxygens (including phenoxy) is 1. The monoisotopic (exact) mass is 279 g/mol. The summed E-state index contributed by atoms with van der Waals surface area (Å²) in [4.78, 5) is 22.4. The summed E-state index contributed by atoms with van der Waals surface area (Å²) in [5.74, 6) is -0.580. The Bertz CT molecular complexity index is 485. The maximum Gasteiger partial charge on any atom is 0.326 e. The van der Waals surface area contributed by atoms with Crippen molar-refractivity contribution in [1.29, 1.82) is 0 Å². The van der Waals surface area contributed by atoms with Gasteiger partial charge >= 0.3 is 5.97 Å². The number of carboxylic acid groups (broad SMARTS) is 1. The molecule has 1 rings (SSSR count). The fraction of sp³-hybridized carbons (Fsp3) is 0.467. The highest BCUT2D eigenvalue weighted by Crippen LogP contribution is 2.19. The first-order valence-electron chi connectivity index (χ1n) is 6.66. The summed E-state index contributed by atoms with van der Waals surface area (Å²) < 4.78 is 5.56. The summed E-state index contributed by atoms with van der Waals surface area (Å²) in [6.45, 7) is 5.85. The number of amides is 1. The number of rotatable bonds is 7. The SMILES string of the molecule is CC[C@@H](NC(=O)CCOc1cc(C)ccc1C)C(=O)O. The van der Waals surface area contributed by atoms with Gasteiger partial charge in [-0.1, -0.05) is 19.1 Å². The Morgan fingerprint density at radius 3 is 2.65 bits per heavy atom. The molecule has 1 aromatic carbocycles. The molecule has 1 amide bonds. The third-order valence-electron chi connectivity index (χ3n) is 2.97. The third kappa shape index (κ3) is 4.91. The Kier molecular flexibility index (Phi) is 6.03. The molecule has 0 radical (unpaired) electrons. The maximum absolute atomic E-state index is 11.6. The van der Waals surface area contributed by atoms with E-state index in [1.54, 1.807) is 6.92 Å². The number of aryl methyl sites for hydroxylation is 2. The van der Waals surface area contributed by atoms with Gasteiger partial charge in [0.15, 0.2) is 0 Å². The zero-order valence-corrected chi connectivity index (χ0v) is 12.1. The lowest BCUT2D eigenvalue weighted by Crippen LogP contribution is -2.40. The number of benzene rings is 1. The van der Waals surface area contributed by atoms with Crippen LogP contribution in [0.1, 0.15) is 30.9 Å². The van der Waals surface area contributed by atoms with Crippen LogP contribution < -0.4 is 10.1 Å². The van der Waals surface area contributed by atoms with Crippen LogP contribution in [0.5, 0.6) is 5.75 Å². The zero-order chi connectivity index (χ0) is 15.1. The molecule has 0 saturated heterocycles. The van der Waals surface area contributed by atoms with Crippen molar-refractivity contribution in [3.8, 4) is 5.75 Å². The molecule has 0 aliphatic rings. The smallest absolute Gasteiger partial charge is 0.326 e. The molecule has 0 aromatic heterocycles. The largest absolute Gasteiger partial charge is 0.493 e. The van der Waals surface area contributed by atoms with Crippen LogP contribution in [-0.2, 0) is 9.59 Å². The molecule has 0 aliphatic carbocycles. The highest BCUT2D eigenvalue weighted by Gasteiger charge is 2.17. The van der Waals surface area contributed by atoms with Crippen molar-refractivity contribution in [2.45, 2.75) is 39.7 Å². The molecule has 110 valence electrons. The Balaban J connectivity index is 2.42. The first-order chi connectivity index (χ1) is 9.43. The van der Waals surface area contributed by atoms with Gasteiger partial charge in [0.2, 0.25) is 5.91 Å². The summed E-state index contributed by atoms with van der Waals surface area (Å²) in [6.07, 6.45) is 0.496. The van der Waals surface area contributed by atoms with Crippen LogP contribution in [0.2, 0.25) is 0 Å². The van der Waals surface area contributed by atoms with Crippen LogP contribution in [0.3, 0.4) is 0 Å². The first-order valence-corrected chi connectivity index (χ1v) is 6.66. The quantitative estimate of drug-likeness (QED) is 0.801. The number of nitrogens with one attached hydrogen (secondary N) is 1. The van der Waals surface area contributed by atoms with Gasteiger partial charge in [0, 0.05) is 0 Å². The van der Waals surface area contributed by atoms with Crippen LogP contribution in [0, 0.1) is 13.8 Å². The molecule has 0 aliphatic heterocycles. The fourth-order valence-electron chi connectivity index (χ4n) is 1.72. The summed E-state index contributed by atoms with van der Waals surface area (Å²) in [6, 6.07) is 5.04. The molecule has 0 spiro atoms. The molecule has 0 fully saturated rings. The summed E-state index contributed by atoms with van der Waals surface area (Å²) in [5, 5.41) is 11.3. The molecule has 0 unspecified atom stereocenters. The van der Waals surface area contributed by atoms with Crippen molar-refractivity contribution < 1.29 is 19.4 Å². The van der Waals surface area contributed by atoms with Crippen molar-refractivity contribution in [2.24, 2.45) is 0 Å². The van der Waals surface area contributed by atoms with Gasteiger partial charge in [-0.25, -0.2) is 4.79 Å². The molecule has 1 aromatic rings. The maximum atomic E-state index is 11.6. The van der Waals surface area contributed by atoms with Gasteiger partial charge in [-0.3, -0.25) is 4.79 Å². The Morgan fingerprint density at radius 1 is 1.35 bits per heavy atom. The second-order valence-electron chi connectivity index (χ2n) is 4.73. The van der Waals surface area contributed by atoms with Crippen LogP contribution >= 0.6 is 0 Å². The second kappa shape index (κ2) is 7.53. The number of carbonyl (C=O) groups is 2. The Hall–Kier alpha value is -2.04. The number of hydrogen-bond acceptors (Lipinski definition) is 3. The van der Waals surface area contributed by atoms with E-state index in [4.69, 9.17) is 9.84 Å². The summed E-state index contributed by atoms with van der Waals surface area (Å²) in [5.41, 5.74) is 2.10. The van der Waals surface area contributed by atoms with E-state index in [1.165, 1.54) is 0 Å². The Morgan fingerprint density at radius 2 is 2.05 bits per heavy atom. The average Bonchev–Trinajstić information content (AvgIpc) is 2.39. The first kappa shape index (κ1) is 16.0. The summed E-state index contributed by atoms with van der Waals surface area (Å²) in [7, 11) is 0. The Labute approximate surface area is 118 Å². The molecule has 0 heterocycles. The van der Waals surface area contributed by atoms with Crippen LogP contribution in [0.25, 0.3) is 0 Å². The molecule has 20 heavy (non-hydrogen) atoms. The molecule has 0 bridgehead atoms. The predicted octanol–water partition coefficient (Wildman–Crippen LogP) is 2.05. The molecule has 5 nitrogen and oxygen atoms in total. The number of hydrogen-bond donors (Lipinski definition) is 2. The molecule has 1 atom stereocenters. The minimum absolute atomic E-state index is 0.136. The third-order valence-corrected chi connectivity index (χ3v) is 2.97. The highest BCUT2D eigenvalue weighted by molar-refractivity contribution is 5.83. The van der Waals surface area contributed by atoms with Gasteiger partial charge in [0.05, 0.1) is 13.0 Å². The molecule has 2 N–H and O–H groups in total. The molecule has 5 heteroatoms. The second-order valence-corrected chi connectivity index (χ2v) is 4.73. The van der Waals surface area contributed by atoms with E-state index in [0.717, 1.165) is 16.9 Å². The number of aliphatic carboxylic acids is 1. The lowest BCUT2D eigenvalue weighted by Gasteiger charge is -2.13. The van der Waals surface area contributed by atoms with E-state index >= 15 is 0 Å². The van der Waals surface area contributed by atoms with E-state index in [1.807, 2.05) is 32.0 Å². The van der Waals surface area contributed by atoms with E-state index in [2.05, 4.69) is 5.32 Å². The average molecular weight is 279 g/mol. The molecular weight excluding hydrogens is 258 g/mol.